The first-order chi connectivity index (χ1) is 36.8. The van der Waals surface area contributed by atoms with Crippen molar-refractivity contribution in [1.82, 2.24) is 0 Å². The zero-order valence-corrected chi connectivity index (χ0v) is 44.8. The first kappa shape index (κ1) is 69.1. The highest BCUT2D eigenvalue weighted by atomic mass is 32.1. The van der Waals surface area contributed by atoms with Crippen LogP contribution in [0, 0.1) is 5.92 Å². The molecule has 0 aliphatic rings. The number of hydrogen-bond acceptors (Lipinski definition) is 19. The number of carbonyl (C=O) groups excluding carboxylic acids is 8. The van der Waals surface area contributed by atoms with Gasteiger partial charge in [-0.3, -0.25) is 19.2 Å². The van der Waals surface area contributed by atoms with Gasteiger partial charge in [0.1, 0.15) is 60.4 Å². The van der Waals surface area contributed by atoms with Crippen molar-refractivity contribution in [2.75, 3.05) is 80.8 Å². The maximum absolute atomic E-state index is 13.0. The lowest BCUT2D eigenvalue weighted by Crippen LogP contribution is -2.26. The minimum absolute atomic E-state index is 0.0102. The van der Waals surface area contributed by atoms with Crippen LogP contribution in [0.3, 0.4) is 0 Å². The fraction of sp³-hybridized carbons (Fsp3) is 0.404. The molecule has 76 heavy (non-hydrogen) atoms. The highest BCUT2D eigenvalue weighted by molar-refractivity contribution is 7.80. The molecule has 0 saturated carbocycles. The highest BCUT2D eigenvalue weighted by Gasteiger charge is 2.18. The SMILES string of the molecule is C=CC(=O)CCCCCOCC(COc1ccc(C(=O)Oc2ccc(OC(=O)c3ccc(OCC(COCCCCOC)OC)cc3)c(S)c2)cc1)CC(=O)CCOC(=O)C=C.C=CC=O.C=CC=O.COCCC=O. The average Bonchev–Trinajstić information content (AvgIpc) is 3.44. The fourth-order valence-corrected chi connectivity index (χ4v) is 5.96. The molecule has 0 aromatic heterocycles. The van der Waals surface area contributed by atoms with E-state index in [1.54, 1.807) is 69.9 Å². The Bertz CT molecular complexity index is 2150. The molecule has 2 unspecified atom stereocenters. The molecule has 0 heterocycles. The monoisotopic (exact) mass is 1080 g/mol. The smallest absolute Gasteiger partial charge is 0.343 e. The van der Waals surface area contributed by atoms with E-state index in [2.05, 4.69) is 43.7 Å². The molecule has 0 N–H and O–H groups in total. The summed E-state index contributed by atoms with van der Waals surface area (Å²) < 4.78 is 54.3. The van der Waals surface area contributed by atoms with E-state index < -0.39 is 17.9 Å². The standard InChI is InChI=1S/C47H58O14S.C4H8O2.2C3H4O/c1-5-37(48)12-8-7-9-25-55-30-34(28-38(49)23-27-57-45(50)6-2)31-58-39-17-13-35(14-18-39)46(51)60-41-21-22-43(44(62)29-41)61-47(52)36-15-19-40(20-16-36)59-33-42(54-4)32-56-26-11-10-24-53-3;1-6-4-2-3-5;2*1-2-3-4/h5-6,13-22,29,34,42,62H,1-2,7-12,23-28,30-33H2,3-4H3;3H,2,4H2,1H3;2*2-3H,1H2. The third-order valence-corrected chi connectivity index (χ3v) is 10.1. The Kier molecular flexibility index (Phi) is 42.4. The Morgan fingerprint density at radius 1 is 0.579 bits per heavy atom. The minimum Gasteiger partial charge on any atom is -0.493 e. The number of aldehydes is 3. The second-order valence-corrected chi connectivity index (χ2v) is 16.2. The molecule has 3 rings (SSSR count). The molecule has 3 aromatic carbocycles. The molecule has 19 heteroatoms. The van der Waals surface area contributed by atoms with Crippen LogP contribution in [0.4, 0.5) is 0 Å². The predicted molar refractivity (Wildman–Crippen MR) is 289 cm³/mol. The van der Waals surface area contributed by atoms with Gasteiger partial charge in [-0.05, 0) is 111 Å². The van der Waals surface area contributed by atoms with E-state index in [1.807, 2.05) is 0 Å². The van der Waals surface area contributed by atoms with Crippen molar-refractivity contribution in [2.24, 2.45) is 5.92 Å². The first-order valence-electron chi connectivity index (χ1n) is 24.2. The molecule has 0 fully saturated rings. The molecule has 0 bridgehead atoms. The summed E-state index contributed by atoms with van der Waals surface area (Å²) in [6, 6.07) is 17.2. The summed E-state index contributed by atoms with van der Waals surface area (Å²) in [7, 11) is 4.83. The number of Topliss-reactive ketones (excluding diaryl/α,β-unsaturated/α-hetero) is 1. The van der Waals surface area contributed by atoms with E-state index in [4.69, 9.17) is 52.2 Å². The minimum atomic E-state index is -0.637. The Morgan fingerprint density at radius 2 is 1.12 bits per heavy atom. The van der Waals surface area contributed by atoms with Crippen LogP contribution in [-0.2, 0) is 57.2 Å². The number of rotatable bonds is 38. The fourth-order valence-electron chi connectivity index (χ4n) is 5.71. The number of ether oxygens (including phenoxy) is 10. The number of esters is 3. The van der Waals surface area contributed by atoms with Crippen LogP contribution in [0.5, 0.6) is 23.0 Å². The Morgan fingerprint density at radius 3 is 1.63 bits per heavy atom. The van der Waals surface area contributed by atoms with E-state index >= 15 is 0 Å². The van der Waals surface area contributed by atoms with Gasteiger partial charge in [-0.25, -0.2) is 14.4 Å². The number of hydrogen-bond donors (Lipinski definition) is 1. The van der Waals surface area contributed by atoms with Crippen LogP contribution in [0.25, 0.3) is 0 Å². The number of ketones is 2. The quantitative estimate of drug-likeness (QED) is 0.0141. The van der Waals surface area contributed by atoms with Crippen molar-refractivity contribution in [3.8, 4) is 23.0 Å². The van der Waals surface area contributed by atoms with Crippen LogP contribution in [0.1, 0.15) is 78.5 Å². The zero-order chi connectivity index (χ0) is 56.6. The lowest BCUT2D eigenvalue weighted by Gasteiger charge is -2.18. The lowest BCUT2D eigenvalue weighted by atomic mass is 10.0. The van der Waals surface area contributed by atoms with Gasteiger partial charge in [0.05, 0.1) is 49.1 Å². The third kappa shape index (κ3) is 35.4. The van der Waals surface area contributed by atoms with Crippen molar-refractivity contribution in [3.63, 3.8) is 0 Å². The molecule has 0 saturated heterocycles. The maximum Gasteiger partial charge on any atom is 0.343 e. The highest BCUT2D eigenvalue weighted by Crippen LogP contribution is 2.29. The number of allylic oxidation sites excluding steroid dienone is 3. The molecule has 0 aliphatic carbocycles. The summed E-state index contributed by atoms with van der Waals surface area (Å²) in [5.41, 5.74) is 0.540. The molecular formula is C57H74O18S. The molecule has 0 amide bonds. The van der Waals surface area contributed by atoms with Gasteiger partial charge >= 0.3 is 17.9 Å². The van der Waals surface area contributed by atoms with Crippen LogP contribution >= 0.6 is 12.6 Å². The number of carbonyl (C=O) groups is 8. The van der Waals surface area contributed by atoms with Crippen molar-refractivity contribution in [1.29, 1.82) is 0 Å². The number of unbranched alkanes of at least 4 members (excludes halogenated alkanes) is 3. The molecule has 3 aromatic rings. The second kappa shape index (κ2) is 46.6. The third-order valence-electron chi connectivity index (χ3n) is 9.70. The molecule has 0 spiro atoms. The molecular weight excluding hydrogens is 1000 g/mol. The van der Waals surface area contributed by atoms with Crippen molar-refractivity contribution in [3.05, 3.63) is 128 Å². The van der Waals surface area contributed by atoms with Gasteiger partial charge in [0, 0.05) is 78.8 Å². The maximum atomic E-state index is 13.0. The van der Waals surface area contributed by atoms with Crippen LogP contribution in [-0.4, -0.2) is 135 Å². The lowest BCUT2D eigenvalue weighted by molar-refractivity contribution is -0.138. The molecule has 0 aliphatic heterocycles. The Labute approximate surface area is 452 Å². The van der Waals surface area contributed by atoms with E-state index in [-0.39, 0.29) is 84.8 Å². The summed E-state index contributed by atoms with van der Waals surface area (Å²) in [4.78, 5) is 89.2. The van der Waals surface area contributed by atoms with Gasteiger partial charge in [-0.1, -0.05) is 32.7 Å². The number of methoxy groups -OCH3 is 3. The largest absolute Gasteiger partial charge is 0.493 e. The molecule has 18 nitrogen and oxygen atoms in total. The van der Waals surface area contributed by atoms with Crippen molar-refractivity contribution in [2.45, 2.75) is 68.8 Å². The predicted octanol–water partition coefficient (Wildman–Crippen LogP) is 8.62. The van der Waals surface area contributed by atoms with Gasteiger partial charge < -0.3 is 52.2 Å². The Balaban J connectivity index is 0.00000354. The van der Waals surface area contributed by atoms with Gasteiger partial charge in [0.2, 0.25) is 0 Å². The van der Waals surface area contributed by atoms with Crippen LogP contribution in [0.15, 0.2) is 122 Å². The zero-order valence-electron chi connectivity index (χ0n) is 43.9. The summed E-state index contributed by atoms with van der Waals surface area (Å²) in [5.74, 6) is -0.893. The summed E-state index contributed by atoms with van der Waals surface area (Å²) in [5, 5.41) is 0. The molecule has 416 valence electrons. The summed E-state index contributed by atoms with van der Waals surface area (Å²) in [6.45, 7) is 16.4. The Hall–Kier alpha value is -6.87. The van der Waals surface area contributed by atoms with Crippen LogP contribution < -0.4 is 18.9 Å². The van der Waals surface area contributed by atoms with E-state index in [0.29, 0.717) is 75.5 Å². The van der Waals surface area contributed by atoms with E-state index in [9.17, 15) is 28.8 Å². The summed E-state index contributed by atoms with van der Waals surface area (Å²) in [6.07, 6.45) is 11.9. The van der Waals surface area contributed by atoms with Gasteiger partial charge in [-0.2, -0.15) is 0 Å². The van der Waals surface area contributed by atoms with Gasteiger partial charge in [0.15, 0.2) is 5.78 Å². The molecule has 0 radical (unpaired) electrons. The number of thiol groups is 1. The second-order valence-electron chi connectivity index (χ2n) is 15.7. The van der Waals surface area contributed by atoms with E-state index in [0.717, 1.165) is 44.5 Å². The normalized spacial score (nSPS) is 10.8. The molecule has 2 atom stereocenters. The van der Waals surface area contributed by atoms with Gasteiger partial charge in [-0.15, -0.1) is 12.6 Å². The average molecular weight is 1080 g/mol. The number of benzene rings is 3. The van der Waals surface area contributed by atoms with E-state index in [1.165, 1.54) is 36.4 Å². The van der Waals surface area contributed by atoms with Crippen LogP contribution in [0.2, 0.25) is 0 Å². The van der Waals surface area contributed by atoms with Gasteiger partial charge in [0.25, 0.3) is 0 Å². The first-order valence-corrected chi connectivity index (χ1v) is 24.7. The topological polar surface area (TPSA) is 229 Å². The van der Waals surface area contributed by atoms with Crippen molar-refractivity contribution < 1.29 is 85.7 Å². The summed E-state index contributed by atoms with van der Waals surface area (Å²) >= 11 is 4.43. The van der Waals surface area contributed by atoms with Crippen molar-refractivity contribution >= 4 is 61.0 Å².